The first-order valence-corrected chi connectivity index (χ1v) is 29.0. The number of aliphatic hydroxyl groups excluding tert-OH is 1. The SMILES string of the molecule is CCCCOc1noc2c1C(=O)[C@@]1(O[Si](C)(C)C(C)(C)C)C(O)=C3C(=O)c4c(c(F)c(CC(C(=O)O)N(CCC)C(=O)OC(C)(C)C)c(N(C(=O)OC(C)(C)C)C(=O)OC(C)(C)C)c4OCCCC)C[C@H]3C[C@H]1[C@@H]2N. The third kappa shape index (κ3) is 12.4. The molecule has 5 rings (SSSR count). The van der Waals surface area contributed by atoms with Gasteiger partial charge in [-0.2, -0.15) is 4.90 Å². The number of carboxylic acid groups (broad SMARTS) is 1. The van der Waals surface area contributed by atoms with Crippen LogP contribution >= 0.6 is 0 Å². The molecule has 0 aliphatic heterocycles. The van der Waals surface area contributed by atoms with Gasteiger partial charge in [-0.05, 0) is 124 Å². The van der Waals surface area contributed by atoms with Crippen LogP contribution in [0.2, 0.25) is 18.1 Å². The summed E-state index contributed by atoms with van der Waals surface area (Å²) in [7, 11) is -3.18. The number of halogens is 1. The Morgan fingerprint density at radius 1 is 0.840 bits per heavy atom. The van der Waals surface area contributed by atoms with Gasteiger partial charge >= 0.3 is 24.2 Å². The minimum Gasteiger partial charge on any atom is -0.508 e. The number of carboxylic acids is 1. The molecule has 75 heavy (non-hydrogen) atoms. The van der Waals surface area contributed by atoms with Gasteiger partial charge in [-0.25, -0.2) is 23.6 Å². The number of anilines is 1. The minimum absolute atomic E-state index is 0.0137. The summed E-state index contributed by atoms with van der Waals surface area (Å²) in [5.41, 5.74) is -1.59. The molecule has 1 unspecified atom stereocenters. The molecule has 1 aromatic heterocycles. The zero-order valence-corrected chi connectivity index (χ0v) is 48.1. The van der Waals surface area contributed by atoms with Crippen LogP contribution in [0.1, 0.15) is 186 Å². The number of allylic oxidation sites excluding steroid dienone is 1. The van der Waals surface area contributed by atoms with Gasteiger partial charge in [0.1, 0.15) is 45.7 Å². The highest BCUT2D eigenvalue weighted by molar-refractivity contribution is 6.74. The van der Waals surface area contributed by atoms with Crippen LogP contribution in [0.3, 0.4) is 0 Å². The van der Waals surface area contributed by atoms with Crippen LogP contribution in [-0.2, 0) is 36.3 Å². The normalized spacial score (nSPS) is 20.3. The minimum atomic E-state index is -3.18. The second-order valence-corrected chi connectivity index (χ2v) is 29.0. The molecular weight excluding hydrogens is 992 g/mol. The molecule has 4 N–H and O–H groups in total. The van der Waals surface area contributed by atoms with Crippen molar-refractivity contribution in [2.45, 2.75) is 208 Å². The molecule has 0 saturated heterocycles. The van der Waals surface area contributed by atoms with Crippen molar-refractivity contribution >= 4 is 49.8 Å². The van der Waals surface area contributed by atoms with Crippen molar-refractivity contribution in [2.24, 2.45) is 17.6 Å². The lowest BCUT2D eigenvalue weighted by Crippen LogP contribution is -2.64. The van der Waals surface area contributed by atoms with Crippen LogP contribution in [0.25, 0.3) is 0 Å². The van der Waals surface area contributed by atoms with Gasteiger partial charge in [0.2, 0.25) is 5.78 Å². The third-order valence-electron chi connectivity index (χ3n) is 13.8. The van der Waals surface area contributed by atoms with E-state index in [0.717, 1.165) is 11.3 Å². The smallest absolute Gasteiger partial charge is 0.424 e. The number of aromatic nitrogens is 1. The van der Waals surface area contributed by atoms with E-state index >= 15 is 14.0 Å². The van der Waals surface area contributed by atoms with Crippen LogP contribution in [0.5, 0.6) is 11.6 Å². The fourth-order valence-electron chi connectivity index (χ4n) is 9.36. The molecule has 0 saturated carbocycles. The van der Waals surface area contributed by atoms with Gasteiger partial charge in [-0.3, -0.25) is 14.5 Å². The van der Waals surface area contributed by atoms with E-state index in [1.165, 1.54) is 41.5 Å². The first-order valence-electron chi connectivity index (χ1n) is 26.1. The molecular formula is C54H81FN4O15Si. The Labute approximate surface area is 441 Å². The van der Waals surface area contributed by atoms with Crippen LogP contribution < -0.4 is 20.1 Å². The van der Waals surface area contributed by atoms with E-state index in [1.807, 2.05) is 47.7 Å². The van der Waals surface area contributed by atoms with Gasteiger partial charge in [-0.1, -0.05) is 54.4 Å². The highest BCUT2D eigenvalue weighted by Crippen LogP contribution is 2.59. The number of nitrogens with two attached hydrogens (primary N) is 1. The van der Waals surface area contributed by atoms with Gasteiger partial charge in [0, 0.05) is 35.6 Å². The number of unbranched alkanes of at least 4 members (excludes halogenated alkanes) is 2. The van der Waals surface area contributed by atoms with Gasteiger partial charge < -0.3 is 48.6 Å². The number of Topliss-reactive ketones (excluding diaryl/α,β-unsaturated/α-hetero) is 2. The number of carbonyl (C=O) groups excluding carboxylic acids is 5. The van der Waals surface area contributed by atoms with E-state index < -0.39 is 136 Å². The summed E-state index contributed by atoms with van der Waals surface area (Å²) >= 11 is 0. The topological polar surface area (TPSA) is 257 Å². The lowest BCUT2D eigenvalue weighted by Gasteiger charge is -2.53. The fourth-order valence-corrected chi connectivity index (χ4v) is 10.8. The number of ether oxygens (including phenoxy) is 5. The fraction of sp³-hybridized carbons (Fsp3) is 0.685. The molecule has 3 aliphatic rings. The second-order valence-electron chi connectivity index (χ2n) is 24.3. The van der Waals surface area contributed by atoms with Crippen molar-refractivity contribution in [2.75, 3.05) is 24.7 Å². The summed E-state index contributed by atoms with van der Waals surface area (Å²) in [4.78, 5) is 89.9. The predicted molar refractivity (Wildman–Crippen MR) is 279 cm³/mol. The average molecular weight is 1070 g/mol. The molecule has 0 fully saturated rings. The molecule has 19 nitrogen and oxygen atoms in total. The van der Waals surface area contributed by atoms with Gasteiger partial charge in [0.25, 0.3) is 5.88 Å². The molecule has 0 spiro atoms. The molecule has 0 bridgehead atoms. The van der Waals surface area contributed by atoms with Crippen molar-refractivity contribution in [3.05, 3.63) is 45.2 Å². The monoisotopic (exact) mass is 1070 g/mol. The Morgan fingerprint density at radius 2 is 1.37 bits per heavy atom. The van der Waals surface area contributed by atoms with E-state index in [-0.39, 0.29) is 67.4 Å². The Bertz CT molecular complexity index is 2540. The molecule has 0 radical (unpaired) electrons. The standard InChI is InChI=1S/C54H81FN4O15Si/c1-18-21-24-68-42-35-30(26-29-27-32-38(56)41-36(45(57-73-41)69-25-22-19-2)44(62)54(32,43(61)34(29)40(35)60)74-75(16,17)53(13,14)15)37(55)31(28-33(46(63)64)58(23-20-3)47(65)70-50(4,5)6)39(42)59(48(66)71-51(7,8)9)49(67)72-52(10,11)12/h29,32-33,38,61H,18-28,56H2,1-17H3,(H,63,64)/t29-,32-,33?,38-,54-/m0/s1. The van der Waals surface area contributed by atoms with Crippen molar-refractivity contribution in [1.82, 2.24) is 10.1 Å². The third-order valence-corrected chi connectivity index (χ3v) is 18.2. The van der Waals surface area contributed by atoms with E-state index in [0.29, 0.717) is 24.2 Å². The number of hydrogen-bond donors (Lipinski definition) is 3. The van der Waals surface area contributed by atoms with Crippen LogP contribution in [-0.4, -0.2) is 113 Å². The summed E-state index contributed by atoms with van der Waals surface area (Å²) < 4.78 is 61.3. The Balaban J connectivity index is 1.97. The van der Waals surface area contributed by atoms with E-state index in [9.17, 15) is 29.4 Å². The molecule has 21 heteroatoms. The molecule has 418 valence electrons. The Hall–Kier alpha value is -5.54. The zero-order valence-electron chi connectivity index (χ0n) is 47.1. The molecule has 5 atom stereocenters. The number of ketones is 2. The number of nitrogens with zero attached hydrogens (tertiary/aromatic N) is 3. The Kier molecular flexibility index (Phi) is 17.9. The quantitative estimate of drug-likeness (QED) is 0.0756. The second kappa shape index (κ2) is 22.2. The van der Waals surface area contributed by atoms with Crippen molar-refractivity contribution in [1.29, 1.82) is 0 Å². The van der Waals surface area contributed by atoms with E-state index in [1.54, 1.807) is 27.7 Å². The lowest BCUT2D eigenvalue weighted by atomic mass is 9.59. The number of benzene rings is 1. The average Bonchev–Trinajstić information content (AvgIpc) is 3.68. The maximum absolute atomic E-state index is 18.7. The lowest BCUT2D eigenvalue weighted by molar-refractivity contribution is -0.143. The zero-order chi connectivity index (χ0) is 56.7. The van der Waals surface area contributed by atoms with E-state index in [2.05, 4.69) is 5.16 Å². The molecule has 1 aromatic carbocycles. The van der Waals surface area contributed by atoms with Gasteiger partial charge in [0.05, 0.1) is 24.8 Å². The van der Waals surface area contributed by atoms with Crippen LogP contribution in [0.15, 0.2) is 15.9 Å². The van der Waals surface area contributed by atoms with E-state index in [4.69, 9.17) is 38.4 Å². The molecule has 2 aromatic rings. The van der Waals surface area contributed by atoms with Crippen molar-refractivity contribution in [3.63, 3.8) is 0 Å². The van der Waals surface area contributed by atoms with Gasteiger partial charge in [-0.15, -0.1) is 0 Å². The number of aliphatic hydroxyl groups is 1. The summed E-state index contributed by atoms with van der Waals surface area (Å²) in [5, 5.41) is 27.7. The maximum atomic E-state index is 18.7. The van der Waals surface area contributed by atoms with Crippen molar-refractivity contribution < 1.29 is 76.0 Å². The number of aliphatic carboxylic acids is 1. The number of amides is 3. The predicted octanol–water partition coefficient (Wildman–Crippen LogP) is 11.3. The summed E-state index contributed by atoms with van der Waals surface area (Å²) in [6, 6.07) is -3.09. The van der Waals surface area contributed by atoms with Crippen LogP contribution in [0, 0.1) is 17.7 Å². The number of carbonyl (C=O) groups is 6. The number of rotatable bonds is 17. The number of fused-ring (bicyclic) bond motifs is 4. The highest BCUT2D eigenvalue weighted by atomic mass is 28.4. The highest BCUT2D eigenvalue weighted by Gasteiger charge is 2.67. The molecule has 3 aliphatic carbocycles. The Morgan fingerprint density at radius 3 is 1.87 bits per heavy atom. The van der Waals surface area contributed by atoms with Crippen LogP contribution in [0.4, 0.5) is 24.5 Å². The van der Waals surface area contributed by atoms with Gasteiger partial charge in [0.15, 0.2) is 31.2 Å². The summed E-state index contributed by atoms with van der Waals surface area (Å²) in [6.07, 6.45) is -2.83. The first kappa shape index (κ1) is 60.3. The summed E-state index contributed by atoms with van der Waals surface area (Å²) in [5.74, 6) is -8.33. The molecule has 3 amide bonds. The summed E-state index contributed by atoms with van der Waals surface area (Å²) in [6.45, 7) is 28.8. The van der Waals surface area contributed by atoms with Crippen molar-refractivity contribution in [3.8, 4) is 11.6 Å². The maximum Gasteiger partial charge on any atom is 0.424 e. The number of imide groups is 1. The largest absolute Gasteiger partial charge is 0.508 e. The molecule has 1 heterocycles. The first-order chi connectivity index (χ1) is 34.5. The number of hydrogen-bond acceptors (Lipinski definition) is 16.